The molecule has 0 saturated carbocycles. The number of hydrogen-bond donors (Lipinski definition) is 0. The fourth-order valence-electron chi connectivity index (χ4n) is 8.85. The first kappa shape index (κ1) is 36.7. The van der Waals surface area contributed by atoms with Crippen LogP contribution in [0.2, 0.25) is 0 Å². The van der Waals surface area contributed by atoms with Gasteiger partial charge in [-0.3, -0.25) is 4.57 Å². The van der Waals surface area contributed by atoms with Crippen LogP contribution < -0.4 is 4.74 Å². The molecule has 0 fully saturated rings. The maximum absolute atomic E-state index is 6.81. The van der Waals surface area contributed by atoms with Crippen molar-refractivity contribution in [2.75, 3.05) is 0 Å². The number of benzene rings is 3. The summed E-state index contributed by atoms with van der Waals surface area (Å²) in [5, 5.41) is 7.68. The van der Waals surface area contributed by atoms with Gasteiger partial charge in [0.15, 0.2) is 0 Å². The minimum Gasteiger partial charge on any atom is -0.457 e. The minimum absolute atomic E-state index is 0.322. The molecule has 0 bridgehead atoms. The lowest BCUT2D eigenvalue weighted by molar-refractivity contribution is 0.232. The molecule has 0 amide bonds. The van der Waals surface area contributed by atoms with Gasteiger partial charge in [-0.15, -0.1) is 0 Å². The van der Waals surface area contributed by atoms with Crippen molar-refractivity contribution < 1.29 is 4.74 Å². The molecule has 1 aliphatic rings. The summed E-state index contributed by atoms with van der Waals surface area (Å²) in [5.74, 6) is 6.12. The molecule has 1 unspecified atom stereocenters. The third-order valence-electron chi connectivity index (χ3n) is 11.9. The molecule has 3 atom stereocenters. The quantitative estimate of drug-likeness (QED) is 0.133. The van der Waals surface area contributed by atoms with Crippen LogP contribution in [0, 0.1) is 43.4 Å². The van der Waals surface area contributed by atoms with Crippen LogP contribution in [-0.4, -0.2) is 19.3 Å². The zero-order valence-corrected chi connectivity index (χ0v) is 33.7. The topological polar surface area (TPSA) is 44.9 Å². The van der Waals surface area contributed by atoms with Gasteiger partial charge in [-0.05, 0) is 116 Å². The van der Waals surface area contributed by atoms with Gasteiger partial charge < -0.3 is 4.74 Å². The molecule has 0 radical (unpaired) electrons. The minimum atomic E-state index is 0.322. The van der Waals surface area contributed by atoms with Crippen molar-refractivity contribution in [3.8, 4) is 23.0 Å². The van der Waals surface area contributed by atoms with Crippen LogP contribution in [0.25, 0.3) is 33.3 Å². The maximum Gasteiger partial charge on any atom is 0.137 e. The number of hydrogen-bond acceptors (Lipinski definition) is 3. The van der Waals surface area contributed by atoms with Crippen molar-refractivity contribution in [1.29, 1.82) is 0 Å². The number of rotatable bonds is 10. The van der Waals surface area contributed by atoms with Crippen LogP contribution in [0.1, 0.15) is 109 Å². The number of nitrogens with zero attached hydrogens (tertiary/aromatic N) is 4. The normalized spacial score (nSPS) is 17.9. The van der Waals surface area contributed by atoms with Crippen molar-refractivity contribution in [2.24, 2.45) is 29.6 Å². The summed E-state index contributed by atoms with van der Waals surface area (Å²) in [4.78, 5) is 4.82. The first-order chi connectivity index (χ1) is 25.4. The van der Waals surface area contributed by atoms with Gasteiger partial charge in [0.2, 0.25) is 0 Å². The molecule has 3 aromatic carbocycles. The van der Waals surface area contributed by atoms with E-state index in [0.29, 0.717) is 41.4 Å². The third-order valence-corrected chi connectivity index (χ3v) is 11.9. The van der Waals surface area contributed by atoms with E-state index in [4.69, 9.17) is 14.8 Å². The van der Waals surface area contributed by atoms with E-state index in [1.165, 1.54) is 39.6 Å². The molecular formula is C48H58N4O. The molecule has 5 heteroatoms. The van der Waals surface area contributed by atoms with Gasteiger partial charge in [-0.25, -0.2) is 9.67 Å². The fraction of sp³-hybridized carbons (Fsp3) is 0.417. The molecule has 0 N–H and O–H groups in total. The van der Waals surface area contributed by atoms with E-state index in [-0.39, 0.29) is 0 Å². The summed E-state index contributed by atoms with van der Waals surface area (Å²) < 4.78 is 11.3. The molecule has 5 nitrogen and oxygen atoms in total. The van der Waals surface area contributed by atoms with E-state index in [0.717, 1.165) is 46.2 Å². The number of allylic oxidation sites excluding steroid dienone is 2. The molecule has 1 aliphatic carbocycles. The Labute approximate surface area is 317 Å². The highest BCUT2D eigenvalue weighted by Gasteiger charge is 2.39. The van der Waals surface area contributed by atoms with Crippen molar-refractivity contribution in [1.82, 2.24) is 19.3 Å². The molecule has 0 spiro atoms. The number of para-hydroxylation sites is 1. The SMILES string of the molecule is CCc1ccnc(-n2c3ccccc3c3ccc(Oc4cc(C(C)C)cc(-n5nc(C)c([C@H]6C(C(C)C)=C[C@H](C(C)C)CC6C(C)C)c5C)c4)cc32)c1. The molecule has 0 saturated heterocycles. The van der Waals surface area contributed by atoms with Crippen molar-refractivity contribution >= 4 is 21.8 Å². The number of aryl methyl sites for hydroxylation is 2. The highest BCUT2D eigenvalue weighted by atomic mass is 16.5. The lowest BCUT2D eigenvalue weighted by atomic mass is 9.63. The predicted molar refractivity (Wildman–Crippen MR) is 222 cm³/mol. The first-order valence-corrected chi connectivity index (χ1v) is 20.0. The Kier molecular flexibility index (Phi) is 10.1. The van der Waals surface area contributed by atoms with Gasteiger partial charge in [0.1, 0.15) is 17.3 Å². The second-order valence-electron chi connectivity index (χ2n) is 16.8. The molecule has 0 aliphatic heterocycles. The number of ether oxygens (including phenoxy) is 1. The molecule has 3 heterocycles. The second-order valence-corrected chi connectivity index (χ2v) is 16.8. The highest BCUT2D eigenvalue weighted by molar-refractivity contribution is 6.09. The maximum atomic E-state index is 6.81. The zero-order valence-electron chi connectivity index (χ0n) is 33.7. The predicted octanol–water partition coefficient (Wildman–Crippen LogP) is 13.1. The second kappa shape index (κ2) is 14.6. The molecule has 3 aromatic heterocycles. The van der Waals surface area contributed by atoms with Gasteiger partial charge in [0, 0.05) is 46.3 Å². The third kappa shape index (κ3) is 6.84. The molecule has 7 rings (SSSR count). The standard InChI is InChI=1S/C48H58N4O/c1-12-34-19-20-49-46(21-34)51-44-16-14-13-15-40(44)41-18-17-38(27-45(41)51)53-39-23-35(28(2)3)22-37(26-39)52-33(11)47(32(10)50-52)48-42(30(6)7)24-36(29(4)5)25-43(48)31(8)9/h13-24,26-31,36,43,48H,12,25H2,1-11H3/t36-,43?,48-/m0/s1. The number of aromatic nitrogens is 4. The van der Waals surface area contributed by atoms with E-state index in [1.807, 2.05) is 6.20 Å². The van der Waals surface area contributed by atoms with Gasteiger partial charge in [-0.1, -0.05) is 92.2 Å². The van der Waals surface area contributed by atoms with Gasteiger partial charge in [0.05, 0.1) is 22.4 Å². The van der Waals surface area contributed by atoms with Crippen LogP contribution in [0.3, 0.4) is 0 Å². The Balaban J connectivity index is 1.32. The smallest absolute Gasteiger partial charge is 0.137 e. The van der Waals surface area contributed by atoms with E-state index < -0.39 is 0 Å². The summed E-state index contributed by atoms with van der Waals surface area (Å²) in [6, 6.07) is 26.0. The van der Waals surface area contributed by atoms with Crippen molar-refractivity contribution in [3.63, 3.8) is 0 Å². The molecule has 53 heavy (non-hydrogen) atoms. The summed E-state index contributed by atoms with van der Waals surface area (Å²) in [7, 11) is 0. The monoisotopic (exact) mass is 706 g/mol. The lowest BCUT2D eigenvalue weighted by Crippen LogP contribution is -2.31. The zero-order chi connectivity index (χ0) is 37.7. The highest BCUT2D eigenvalue weighted by Crippen LogP contribution is 2.50. The van der Waals surface area contributed by atoms with Crippen LogP contribution in [0.4, 0.5) is 0 Å². The van der Waals surface area contributed by atoms with E-state index in [9.17, 15) is 0 Å². The summed E-state index contributed by atoms with van der Waals surface area (Å²) >= 11 is 0. The van der Waals surface area contributed by atoms with Crippen LogP contribution in [0.5, 0.6) is 11.5 Å². The average molecular weight is 707 g/mol. The molecular weight excluding hydrogens is 649 g/mol. The van der Waals surface area contributed by atoms with E-state index >= 15 is 0 Å². The molecule has 276 valence electrons. The summed E-state index contributed by atoms with van der Waals surface area (Å²) in [6.45, 7) is 25.5. The van der Waals surface area contributed by atoms with Crippen LogP contribution in [0.15, 0.2) is 90.6 Å². The van der Waals surface area contributed by atoms with E-state index in [2.05, 4.69) is 164 Å². The Morgan fingerprint density at radius 2 is 1.53 bits per heavy atom. The van der Waals surface area contributed by atoms with Crippen LogP contribution >= 0.6 is 0 Å². The van der Waals surface area contributed by atoms with Crippen molar-refractivity contribution in [2.45, 2.75) is 101 Å². The lowest BCUT2D eigenvalue weighted by Gasteiger charge is -2.41. The fourth-order valence-corrected chi connectivity index (χ4v) is 8.85. The van der Waals surface area contributed by atoms with Gasteiger partial charge in [0.25, 0.3) is 0 Å². The number of fused-ring (bicyclic) bond motifs is 3. The Bertz CT molecular complexity index is 2300. The average Bonchev–Trinajstić information content (AvgIpc) is 3.62. The van der Waals surface area contributed by atoms with Crippen LogP contribution in [-0.2, 0) is 6.42 Å². The van der Waals surface area contributed by atoms with Gasteiger partial charge >= 0.3 is 0 Å². The largest absolute Gasteiger partial charge is 0.457 e. The Hall–Kier alpha value is -4.64. The Morgan fingerprint density at radius 3 is 2.23 bits per heavy atom. The Morgan fingerprint density at radius 1 is 0.774 bits per heavy atom. The van der Waals surface area contributed by atoms with Crippen molar-refractivity contribution in [3.05, 3.63) is 119 Å². The first-order valence-electron chi connectivity index (χ1n) is 20.0. The molecule has 6 aromatic rings. The van der Waals surface area contributed by atoms with Gasteiger partial charge in [-0.2, -0.15) is 5.10 Å². The number of pyridine rings is 1. The van der Waals surface area contributed by atoms with E-state index in [1.54, 1.807) is 5.57 Å². The summed E-state index contributed by atoms with van der Waals surface area (Å²) in [5.41, 5.74) is 11.1. The summed E-state index contributed by atoms with van der Waals surface area (Å²) in [6.07, 6.45) is 6.73.